The summed E-state index contributed by atoms with van der Waals surface area (Å²) in [5.41, 5.74) is 2.31. The predicted molar refractivity (Wildman–Crippen MR) is 77.3 cm³/mol. The van der Waals surface area contributed by atoms with Gasteiger partial charge >= 0.3 is 6.03 Å². The Hall–Kier alpha value is -2.57. The summed E-state index contributed by atoms with van der Waals surface area (Å²) in [6.07, 6.45) is 1.54. The molecule has 0 fully saturated rings. The van der Waals surface area contributed by atoms with E-state index >= 15 is 0 Å². The molecule has 7 nitrogen and oxygen atoms in total. The van der Waals surface area contributed by atoms with Gasteiger partial charge in [0.25, 0.3) is 0 Å². The van der Waals surface area contributed by atoms with Crippen molar-refractivity contribution in [2.45, 2.75) is 20.4 Å². The number of methoxy groups -OCH3 is 1. The molecule has 0 aliphatic heterocycles. The second-order valence-electron chi connectivity index (χ2n) is 4.68. The van der Waals surface area contributed by atoms with Gasteiger partial charge in [-0.15, -0.1) is 0 Å². The van der Waals surface area contributed by atoms with Crippen molar-refractivity contribution >= 4 is 11.7 Å². The normalized spacial score (nSPS) is 10.3. The maximum atomic E-state index is 12.1. The molecular formula is C14H18N4O3. The highest BCUT2D eigenvalue weighted by Gasteiger charge is 2.15. The molecule has 2 aromatic heterocycles. The van der Waals surface area contributed by atoms with E-state index in [2.05, 4.69) is 15.5 Å². The van der Waals surface area contributed by atoms with Crippen molar-refractivity contribution in [2.24, 2.45) is 0 Å². The Labute approximate surface area is 122 Å². The van der Waals surface area contributed by atoms with Gasteiger partial charge in [0, 0.05) is 18.7 Å². The van der Waals surface area contributed by atoms with Crippen LogP contribution in [0.5, 0.6) is 5.88 Å². The summed E-state index contributed by atoms with van der Waals surface area (Å²) in [6, 6.07) is 3.18. The number of nitrogens with one attached hydrogen (secondary N) is 1. The topological polar surface area (TPSA) is 80.5 Å². The van der Waals surface area contributed by atoms with Gasteiger partial charge in [0.1, 0.15) is 5.76 Å². The summed E-state index contributed by atoms with van der Waals surface area (Å²) in [5, 5.41) is 6.64. The Morgan fingerprint density at radius 2 is 2.19 bits per heavy atom. The maximum Gasteiger partial charge on any atom is 0.321 e. The van der Waals surface area contributed by atoms with Crippen molar-refractivity contribution in [1.29, 1.82) is 0 Å². The third kappa shape index (κ3) is 3.50. The van der Waals surface area contributed by atoms with E-state index in [-0.39, 0.29) is 6.03 Å². The first-order valence-corrected chi connectivity index (χ1v) is 6.45. The first-order valence-electron chi connectivity index (χ1n) is 6.45. The van der Waals surface area contributed by atoms with Gasteiger partial charge in [-0.05, 0) is 19.9 Å². The molecule has 0 aromatic carbocycles. The van der Waals surface area contributed by atoms with Crippen LogP contribution in [0.2, 0.25) is 0 Å². The van der Waals surface area contributed by atoms with E-state index in [0.717, 1.165) is 17.0 Å². The van der Waals surface area contributed by atoms with Crippen LogP contribution in [0.25, 0.3) is 0 Å². The van der Waals surface area contributed by atoms with E-state index in [1.807, 2.05) is 13.8 Å². The molecule has 112 valence electrons. The molecular weight excluding hydrogens is 272 g/mol. The fourth-order valence-corrected chi connectivity index (χ4v) is 1.83. The fraction of sp³-hybridized carbons (Fsp3) is 0.357. The van der Waals surface area contributed by atoms with Gasteiger partial charge in [-0.3, -0.25) is 0 Å². The van der Waals surface area contributed by atoms with E-state index in [0.29, 0.717) is 18.1 Å². The first-order chi connectivity index (χ1) is 10.0. The summed E-state index contributed by atoms with van der Waals surface area (Å²) >= 11 is 0. The standard InChI is InChI=1S/C14H18N4O3/c1-9-12(10(2)21-17-9)8-18(3)14(19)16-11-5-6-13(20-4)15-7-11/h5-7H,8H2,1-4H3,(H,16,19). The van der Waals surface area contributed by atoms with Crippen LogP contribution in [0, 0.1) is 13.8 Å². The van der Waals surface area contributed by atoms with Crippen LogP contribution in [0.15, 0.2) is 22.9 Å². The average Bonchev–Trinajstić information content (AvgIpc) is 2.79. The minimum Gasteiger partial charge on any atom is -0.481 e. The van der Waals surface area contributed by atoms with Crippen LogP contribution in [-0.4, -0.2) is 35.2 Å². The predicted octanol–water partition coefficient (Wildman–Crippen LogP) is 2.36. The zero-order valence-electron chi connectivity index (χ0n) is 12.5. The Bertz CT molecular complexity index is 602. The quantitative estimate of drug-likeness (QED) is 0.935. The van der Waals surface area contributed by atoms with Gasteiger partial charge < -0.3 is 19.5 Å². The summed E-state index contributed by atoms with van der Waals surface area (Å²) in [6.45, 7) is 4.11. The van der Waals surface area contributed by atoms with Crippen LogP contribution in [-0.2, 0) is 6.54 Å². The summed E-state index contributed by atoms with van der Waals surface area (Å²) < 4.78 is 10.1. The van der Waals surface area contributed by atoms with Crippen LogP contribution >= 0.6 is 0 Å². The van der Waals surface area contributed by atoms with Crippen molar-refractivity contribution in [3.8, 4) is 5.88 Å². The highest BCUT2D eigenvalue weighted by Crippen LogP contribution is 2.15. The lowest BCUT2D eigenvalue weighted by Gasteiger charge is -2.17. The largest absolute Gasteiger partial charge is 0.481 e. The first kappa shape index (κ1) is 14.8. The number of nitrogens with zero attached hydrogens (tertiary/aromatic N) is 3. The third-order valence-corrected chi connectivity index (χ3v) is 3.12. The van der Waals surface area contributed by atoms with Crippen LogP contribution in [0.1, 0.15) is 17.0 Å². The number of ether oxygens (including phenoxy) is 1. The third-order valence-electron chi connectivity index (χ3n) is 3.12. The lowest BCUT2D eigenvalue weighted by atomic mass is 10.2. The minimum absolute atomic E-state index is 0.234. The zero-order chi connectivity index (χ0) is 15.4. The number of carbonyl (C=O) groups excluding carboxylic acids is 1. The van der Waals surface area contributed by atoms with Gasteiger partial charge in [-0.1, -0.05) is 5.16 Å². The molecule has 7 heteroatoms. The number of anilines is 1. The smallest absolute Gasteiger partial charge is 0.321 e. The molecule has 0 aliphatic carbocycles. The highest BCUT2D eigenvalue weighted by atomic mass is 16.5. The monoisotopic (exact) mass is 290 g/mol. The van der Waals surface area contributed by atoms with Crippen molar-refractivity contribution in [3.05, 3.63) is 35.3 Å². The van der Waals surface area contributed by atoms with Gasteiger partial charge in [0.2, 0.25) is 5.88 Å². The number of amides is 2. The molecule has 2 amide bonds. The molecule has 0 saturated heterocycles. The Morgan fingerprint density at radius 1 is 1.43 bits per heavy atom. The van der Waals surface area contributed by atoms with Crippen molar-refractivity contribution in [2.75, 3.05) is 19.5 Å². The zero-order valence-corrected chi connectivity index (χ0v) is 12.5. The second kappa shape index (κ2) is 6.25. The van der Waals surface area contributed by atoms with E-state index in [9.17, 15) is 4.79 Å². The average molecular weight is 290 g/mol. The van der Waals surface area contributed by atoms with Crippen LogP contribution in [0.3, 0.4) is 0 Å². The molecule has 0 radical (unpaired) electrons. The van der Waals surface area contributed by atoms with E-state index in [4.69, 9.17) is 9.26 Å². The van der Waals surface area contributed by atoms with Gasteiger partial charge in [0.15, 0.2) is 0 Å². The van der Waals surface area contributed by atoms with E-state index < -0.39 is 0 Å². The Morgan fingerprint density at radius 3 is 2.71 bits per heavy atom. The van der Waals surface area contributed by atoms with Crippen molar-refractivity contribution in [3.63, 3.8) is 0 Å². The number of aryl methyl sites for hydroxylation is 2. The fourth-order valence-electron chi connectivity index (χ4n) is 1.83. The number of pyridine rings is 1. The lowest BCUT2D eigenvalue weighted by molar-refractivity contribution is 0.220. The Kier molecular flexibility index (Phi) is 4.42. The number of aromatic nitrogens is 2. The summed E-state index contributed by atoms with van der Waals surface area (Å²) in [4.78, 5) is 17.7. The van der Waals surface area contributed by atoms with Crippen molar-refractivity contribution < 1.29 is 14.1 Å². The number of rotatable bonds is 4. The van der Waals surface area contributed by atoms with Crippen LogP contribution < -0.4 is 10.1 Å². The summed E-state index contributed by atoms with van der Waals surface area (Å²) in [5.74, 6) is 1.22. The number of hydrogen-bond acceptors (Lipinski definition) is 5. The summed E-state index contributed by atoms with van der Waals surface area (Å²) in [7, 11) is 3.25. The molecule has 0 unspecified atom stereocenters. The molecule has 0 atom stereocenters. The molecule has 0 bridgehead atoms. The minimum atomic E-state index is -0.234. The maximum absolute atomic E-state index is 12.1. The molecule has 21 heavy (non-hydrogen) atoms. The lowest BCUT2D eigenvalue weighted by Crippen LogP contribution is -2.31. The number of hydrogen-bond donors (Lipinski definition) is 1. The molecule has 2 rings (SSSR count). The molecule has 2 aromatic rings. The highest BCUT2D eigenvalue weighted by molar-refractivity contribution is 5.88. The van der Waals surface area contributed by atoms with E-state index in [1.165, 1.54) is 7.11 Å². The van der Waals surface area contributed by atoms with E-state index in [1.54, 1.807) is 30.3 Å². The van der Waals surface area contributed by atoms with Crippen molar-refractivity contribution in [1.82, 2.24) is 15.0 Å². The number of carbonyl (C=O) groups is 1. The molecule has 2 heterocycles. The number of urea groups is 1. The molecule has 0 saturated carbocycles. The molecule has 0 aliphatic rings. The van der Waals surface area contributed by atoms with Gasteiger partial charge in [0.05, 0.1) is 31.2 Å². The Balaban J connectivity index is 1.99. The molecule has 1 N–H and O–H groups in total. The van der Waals surface area contributed by atoms with Crippen LogP contribution in [0.4, 0.5) is 10.5 Å². The van der Waals surface area contributed by atoms with Gasteiger partial charge in [-0.25, -0.2) is 9.78 Å². The SMILES string of the molecule is COc1ccc(NC(=O)N(C)Cc2c(C)noc2C)cn1. The second-order valence-corrected chi connectivity index (χ2v) is 4.68. The molecule has 0 spiro atoms. The van der Waals surface area contributed by atoms with Gasteiger partial charge in [-0.2, -0.15) is 0 Å².